The molecule has 0 spiro atoms. The molecule has 0 bridgehead atoms. The molecule has 2 amide bonds. The van der Waals surface area contributed by atoms with E-state index in [2.05, 4.69) is 10.6 Å². The topological polar surface area (TPSA) is 67.4 Å². The first-order chi connectivity index (χ1) is 12.7. The van der Waals surface area contributed by atoms with Crippen molar-refractivity contribution in [3.63, 3.8) is 0 Å². The number of thiophene rings is 1. The second kappa shape index (κ2) is 8.85. The van der Waals surface area contributed by atoms with Crippen LogP contribution in [0.1, 0.15) is 53.4 Å². The Labute approximate surface area is 157 Å². The summed E-state index contributed by atoms with van der Waals surface area (Å²) in [5.74, 6) is 0.0184. The minimum Gasteiger partial charge on any atom is -0.496 e. The number of carbonyl (C=O) groups is 2. The summed E-state index contributed by atoms with van der Waals surface area (Å²) in [5, 5.41) is 7.90. The van der Waals surface area contributed by atoms with Crippen molar-refractivity contribution in [1.29, 1.82) is 0 Å². The lowest BCUT2D eigenvalue weighted by molar-refractivity contribution is -0.124. The van der Waals surface area contributed by atoms with Gasteiger partial charge in [0.05, 0.1) is 12.7 Å². The summed E-state index contributed by atoms with van der Waals surface area (Å²) in [7, 11) is 1.53. The molecule has 1 atom stereocenters. The zero-order chi connectivity index (χ0) is 18.4. The van der Waals surface area contributed by atoms with Crippen molar-refractivity contribution in [1.82, 2.24) is 10.6 Å². The van der Waals surface area contributed by atoms with Crippen LogP contribution < -0.4 is 15.4 Å². The molecule has 6 heteroatoms. The van der Waals surface area contributed by atoms with Gasteiger partial charge in [-0.3, -0.25) is 9.59 Å². The van der Waals surface area contributed by atoms with Crippen LogP contribution in [-0.2, 0) is 4.79 Å². The first kappa shape index (κ1) is 18.5. The van der Waals surface area contributed by atoms with E-state index in [-0.39, 0.29) is 17.9 Å². The van der Waals surface area contributed by atoms with Crippen LogP contribution in [0.2, 0.25) is 0 Å². The maximum Gasteiger partial charge on any atom is 0.255 e. The minimum absolute atomic E-state index is 0.150. The van der Waals surface area contributed by atoms with Gasteiger partial charge < -0.3 is 15.4 Å². The van der Waals surface area contributed by atoms with Crippen molar-refractivity contribution in [3.05, 3.63) is 52.2 Å². The third-order valence-electron chi connectivity index (χ3n) is 4.67. The molecular weight excluding hydrogens is 348 g/mol. The second-order valence-corrected chi connectivity index (χ2v) is 7.44. The van der Waals surface area contributed by atoms with Crippen molar-refractivity contribution in [3.8, 4) is 5.75 Å². The number of hydrogen-bond acceptors (Lipinski definition) is 4. The molecule has 1 fully saturated rings. The quantitative estimate of drug-likeness (QED) is 0.813. The van der Waals surface area contributed by atoms with Gasteiger partial charge >= 0.3 is 0 Å². The Hall–Kier alpha value is -2.34. The number of carbonyl (C=O) groups excluding carboxylic acids is 2. The summed E-state index contributed by atoms with van der Waals surface area (Å²) in [4.78, 5) is 26.5. The van der Waals surface area contributed by atoms with E-state index in [1.165, 1.54) is 24.9 Å². The van der Waals surface area contributed by atoms with Gasteiger partial charge in [0.15, 0.2) is 0 Å². The molecule has 1 unspecified atom stereocenters. The highest BCUT2D eigenvalue weighted by molar-refractivity contribution is 7.10. The van der Waals surface area contributed by atoms with Crippen molar-refractivity contribution < 1.29 is 14.3 Å². The summed E-state index contributed by atoms with van der Waals surface area (Å²) in [6.07, 6.45) is 5.52. The minimum atomic E-state index is -0.700. The number of para-hydroxylation sites is 1. The van der Waals surface area contributed by atoms with E-state index in [1.807, 2.05) is 23.6 Å². The van der Waals surface area contributed by atoms with Gasteiger partial charge in [0.2, 0.25) is 5.91 Å². The molecule has 2 N–H and O–H groups in total. The van der Waals surface area contributed by atoms with Gasteiger partial charge in [-0.2, -0.15) is 0 Å². The van der Waals surface area contributed by atoms with Crippen LogP contribution in [-0.4, -0.2) is 25.0 Å². The molecule has 0 saturated heterocycles. The van der Waals surface area contributed by atoms with Gasteiger partial charge in [-0.15, -0.1) is 11.3 Å². The van der Waals surface area contributed by atoms with Gasteiger partial charge in [-0.25, -0.2) is 0 Å². The standard InChI is InChI=1S/C20H24N2O3S/c1-25-16-11-6-5-10-15(16)19(23)22-18(17-12-7-13-26-17)20(24)21-14-8-3-2-4-9-14/h5-7,10-14,18H,2-4,8-9H2,1H3,(H,21,24)(H,22,23). The number of nitrogens with one attached hydrogen (secondary N) is 2. The molecule has 0 aliphatic heterocycles. The zero-order valence-electron chi connectivity index (χ0n) is 14.9. The van der Waals surface area contributed by atoms with Crippen molar-refractivity contribution in [2.45, 2.75) is 44.2 Å². The fourth-order valence-corrected chi connectivity index (χ4v) is 4.07. The maximum absolute atomic E-state index is 12.9. The molecule has 1 aromatic heterocycles. The zero-order valence-corrected chi connectivity index (χ0v) is 15.7. The SMILES string of the molecule is COc1ccccc1C(=O)NC(C(=O)NC1CCCCC1)c1cccs1. The van der Waals surface area contributed by atoms with E-state index in [1.54, 1.807) is 18.2 Å². The summed E-state index contributed by atoms with van der Waals surface area (Å²) in [6, 6.07) is 10.3. The fourth-order valence-electron chi connectivity index (χ4n) is 3.29. The monoisotopic (exact) mass is 372 g/mol. The van der Waals surface area contributed by atoms with Crippen LogP contribution in [0.4, 0.5) is 0 Å². The molecule has 1 aliphatic rings. The first-order valence-corrected chi connectivity index (χ1v) is 9.84. The van der Waals surface area contributed by atoms with E-state index in [4.69, 9.17) is 4.74 Å². The Morgan fingerprint density at radius 2 is 1.88 bits per heavy atom. The molecule has 5 nitrogen and oxygen atoms in total. The molecule has 2 aromatic rings. The smallest absolute Gasteiger partial charge is 0.255 e. The maximum atomic E-state index is 12.9. The number of amides is 2. The number of rotatable bonds is 6. The average Bonchev–Trinajstić information content (AvgIpc) is 3.21. The summed E-state index contributed by atoms with van der Waals surface area (Å²) in [6.45, 7) is 0. The highest BCUT2D eigenvalue weighted by atomic mass is 32.1. The molecule has 138 valence electrons. The van der Waals surface area contributed by atoms with Gasteiger partial charge in [-0.1, -0.05) is 37.5 Å². The average molecular weight is 372 g/mol. The Kier molecular flexibility index (Phi) is 6.28. The lowest BCUT2D eigenvalue weighted by Gasteiger charge is -2.25. The normalized spacial score (nSPS) is 15.9. The summed E-state index contributed by atoms with van der Waals surface area (Å²) < 4.78 is 5.26. The van der Waals surface area contributed by atoms with Crippen LogP contribution in [0.15, 0.2) is 41.8 Å². The number of ether oxygens (including phenoxy) is 1. The summed E-state index contributed by atoms with van der Waals surface area (Å²) in [5.41, 5.74) is 0.419. The third-order valence-corrected chi connectivity index (χ3v) is 5.61. The van der Waals surface area contributed by atoms with Crippen molar-refractivity contribution in [2.24, 2.45) is 0 Å². The van der Waals surface area contributed by atoms with Gasteiger partial charge in [0.1, 0.15) is 11.8 Å². The lowest BCUT2D eigenvalue weighted by Crippen LogP contribution is -2.44. The fraction of sp³-hybridized carbons (Fsp3) is 0.400. The van der Waals surface area contributed by atoms with E-state index >= 15 is 0 Å². The first-order valence-electron chi connectivity index (χ1n) is 8.96. The molecule has 26 heavy (non-hydrogen) atoms. The van der Waals surface area contributed by atoms with E-state index in [9.17, 15) is 9.59 Å². The van der Waals surface area contributed by atoms with Crippen LogP contribution in [0.25, 0.3) is 0 Å². The third kappa shape index (κ3) is 4.43. The molecular formula is C20H24N2O3S. The number of methoxy groups -OCH3 is 1. The summed E-state index contributed by atoms with van der Waals surface area (Å²) >= 11 is 1.46. The van der Waals surface area contributed by atoms with Gasteiger partial charge in [0, 0.05) is 10.9 Å². The Bertz CT molecular complexity index is 739. The predicted molar refractivity (Wildman–Crippen MR) is 103 cm³/mol. The predicted octanol–water partition coefficient (Wildman–Crippen LogP) is 3.68. The van der Waals surface area contributed by atoms with Crippen molar-refractivity contribution >= 4 is 23.2 Å². The largest absolute Gasteiger partial charge is 0.496 e. The molecule has 3 rings (SSSR count). The Balaban J connectivity index is 1.76. The molecule has 1 saturated carbocycles. The highest BCUT2D eigenvalue weighted by Gasteiger charge is 2.27. The molecule has 0 radical (unpaired) electrons. The Morgan fingerprint density at radius 3 is 2.58 bits per heavy atom. The van der Waals surface area contributed by atoms with Gasteiger partial charge in [-0.05, 0) is 36.4 Å². The molecule has 1 heterocycles. The van der Waals surface area contributed by atoms with Crippen LogP contribution in [0, 0.1) is 0 Å². The van der Waals surface area contributed by atoms with E-state index in [0.29, 0.717) is 11.3 Å². The van der Waals surface area contributed by atoms with Crippen molar-refractivity contribution in [2.75, 3.05) is 7.11 Å². The van der Waals surface area contributed by atoms with E-state index < -0.39 is 6.04 Å². The van der Waals surface area contributed by atoms with Crippen LogP contribution in [0.3, 0.4) is 0 Å². The van der Waals surface area contributed by atoms with Crippen LogP contribution in [0.5, 0.6) is 5.75 Å². The highest BCUT2D eigenvalue weighted by Crippen LogP contribution is 2.24. The molecule has 1 aromatic carbocycles. The number of benzene rings is 1. The lowest BCUT2D eigenvalue weighted by atomic mass is 9.95. The number of hydrogen-bond donors (Lipinski definition) is 2. The van der Waals surface area contributed by atoms with Crippen LogP contribution >= 0.6 is 11.3 Å². The van der Waals surface area contributed by atoms with E-state index in [0.717, 1.165) is 30.6 Å². The Morgan fingerprint density at radius 1 is 1.12 bits per heavy atom. The second-order valence-electron chi connectivity index (χ2n) is 6.47. The van der Waals surface area contributed by atoms with Gasteiger partial charge in [0.25, 0.3) is 5.91 Å². The molecule has 1 aliphatic carbocycles.